The van der Waals surface area contributed by atoms with Crippen LogP contribution in [0.5, 0.6) is 0 Å². The molecule has 112 valence electrons. The second-order valence-corrected chi connectivity index (χ2v) is 5.33. The van der Waals surface area contributed by atoms with Gasteiger partial charge in [-0.05, 0) is 24.5 Å². The first-order valence-electron chi connectivity index (χ1n) is 6.92. The Morgan fingerprint density at radius 1 is 1.29 bits per heavy atom. The van der Waals surface area contributed by atoms with E-state index < -0.39 is 11.7 Å². The number of hydrogen-bond donors (Lipinski definition) is 1. The maximum absolute atomic E-state index is 13.0. The van der Waals surface area contributed by atoms with Crippen molar-refractivity contribution in [3.8, 4) is 0 Å². The SMILES string of the molecule is NC1CCCn2c1cnc2Cc1ccccc1C(F)(F)F. The fourth-order valence-electron chi connectivity index (χ4n) is 2.86. The van der Waals surface area contributed by atoms with Crippen LogP contribution in [0.2, 0.25) is 0 Å². The lowest BCUT2D eigenvalue weighted by Crippen LogP contribution is -2.22. The highest BCUT2D eigenvalue weighted by Crippen LogP contribution is 2.33. The first kappa shape index (κ1) is 14.1. The molecule has 0 saturated heterocycles. The average Bonchev–Trinajstić information content (AvgIpc) is 2.83. The molecule has 1 unspecified atom stereocenters. The van der Waals surface area contributed by atoms with Crippen LogP contribution in [-0.4, -0.2) is 9.55 Å². The van der Waals surface area contributed by atoms with Gasteiger partial charge in [0.25, 0.3) is 0 Å². The minimum atomic E-state index is -4.34. The summed E-state index contributed by atoms with van der Waals surface area (Å²) in [6.07, 6.45) is -0.662. The van der Waals surface area contributed by atoms with Crippen molar-refractivity contribution in [2.24, 2.45) is 5.73 Å². The molecule has 21 heavy (non-hydrogen) atoms. The number of nitrogens with two attached hydrogens (primary N) is 1. The van der Waals surface area contributed by atoms with Crippen molar-refractivity contribution in [2.75, 3.05) is 0 Å². The molecule has 1 aliphatic rings. The molecular formula is C15H16F3N3. The first-order valence-corrected chi connectivity index (χ1v) is 6.92. The Balaban J connectivity index is 1.95. The molecule has 1 aromatic carbocycles. The van der Waals surface area contributed by atoms with Crippen LogP contribution >= 0.6 is 0 Å². The van der Waals surface area contributed by atoms with Gasteiger partial charge in [0.05, 0.1) is 17.5 Å². The van der Waals surface area contributed by atoms with E-state index in [1.54, 1.807) is 12.3 Å². The van der Waals surface area contributed by atoms with Gasteiger partial charge in [0.1, 0.15) is 5.82 Å². The molecule has 1 atom stereocenters. The van der Waals surface area contributed by atoms with Crippen molar-refractivity contribution in [3.05, 3.63) is 53.1 Å². The Bertz CT molecular complexity index is 646. The number of benzene rings is 1. The molecular weight excluding hydrogens is 279 g/mol. The Kier molecular flexibility index (Phi) is 3.49. The van der Waals surface area contributed by atoms with Crippen molar-refractivity contribution < 1.29 is 13.2 Å². The van der Waals surface area contributed by atoms with E-state index in [9.17, 15) is 13.2 Å². The van der Waals surface area contributed by atoms with E-state index in [2.05, 4.69) is 4.98 Å². The maximum atomic E-state index is 13.0. The number of imidazole rings is 1. The summed E-state index contributed by atoms with van der Waals surface area (Å²) in [7, 11) is 0. The predicted molar refractivity (Wildman–Crippen MR) is 72.6 cm³/mol. The van der Waals surface area contributed by atoms with Crippen LogP contribution in [0.3, 0.4) is 0 Å². The summed E-state index contributed by atoms with van der Waals surface area (Å²) in [5, 5.41) is 0. The highest BCUT2D eigenvalue weighted by molar-refractivity contribution is 5.32. The number of alkyl halides is 3. The zero-order valence-corrected chi connectivity index (χ0v) is 11.4. The number of fused-ring (bicyclic) bond motifs is 1. The fraction of sp³-hybridized carbons (Fsp3) is 0.400. The summed E-state index contributed by atoms with van der Waals surface area (Å²) in [4.78, 5) is 4.28. The number of halogens is 3. The van der Waals surface area contributed by atoms with Crippen molar-refractivity contribution in [2.45, 2.75) is 38.0 Å². The highest BCUT2D eigenvalue weighted by atomic mass is 19.4. The van der Waals surface area contributed by atoms with Gasteiger partial charge in [-0.25, -0.2) is 4.98 Å². The van der Waals surface area contributed by atoms with Crippen LogP contribution in [0.15, 0.2) is 30.5 Å². The Hall–Kier alpha value is -1.82. The lowest BCUT2D eigenvalue weighted by Gasteiger charge is -2.22. The van der Waals surface area contributed by atoms with E-state index in [1.165, 1.54) is 12.1 Å². The molecule has 1 aliphatic heterocycles. The molecule has 2 N–H and O–H groups in total. The van der Waals surface area contributed by atoms with Crippen LogP contribution < -0.4 is 5.73 Å². The van der Waals surface area contributed by atoms with Crippen molar-refractivity contribution >= 4 is 0 Å². The molecule has 0 aliphatic carbocycles. The average molecular weight is 295 g/mol. The van der Waals surface area contributed by atoms with E-state index in [4.69, 9.17) is 5.73 Å². The predicted octanol–water partition coefficient (Wildman–Crippen LogP) is 3.29. The molecule has 0 radical (unpaired) electrons. The third-order valence-electron chi connectivity index (χ3n) is 3.92. The maximum Gasteiger partial charge on any atom is 0.416 e. The van der Waals surface area contributed by atoms with Gasteiger partial charge >= 0.3 is 6.18 Å². The van der Waals surface area contributed by atoms with E-state index in [1.807, 2.05) is 4.57 Å². The van der Waals surface area contributed by atoms with Crippen LogP contribution in [0.25, 0.3) is 0 Å². The quantitative estimate of drug-likeness (QED) is 0.924. The minimum absolute atomic E-state index is 0.0714. The molecule has 3 rings (SSSR count). The Labute approximate surface area is 120 Å². The lowest BCUT2D eigenvalue weighted by molar-refractivity contribution is -0.138. The second-order valence-electron chi connectivity index (χ2n) is 5.33. The smallest absolute Gasteiger partial charge is 0.330 e. The molecule has 2 heterocycles. The molecule has 2 aromatic rings. The van der Waals surface area contributed by atoms with Gasteiger partial charge in [-0.3, -0.25) is 0 Å². The number of hydrogen-bond acceptors (Lipinski definition) is 2. The number of rotatable bonds is 2. The molecule has 0 bridgehead atoms. The largest absolute Gasteiger partial charge is 0.416 e. The fourth-order valence-corrected chi connectivity index (χ4v) is 2.86. The molecule has 3 nitrogen and oxygen atoms in total. The molecule has 6 heteroatoms. The van der Waals surface area contributed by atoms with Crippen molar-refractivity contribution in [3.63, 3.8) is 0 Å². The van der Waals surface area contributed by atoms with Crippen LogP contribution in [-0.2, 0) is 19.1 Å². The molecule has 0 spiro atoms. The monoisotopic (exact) mass is 295 g/mol. The van der Waals surface area contributed by atoms with Gasteiger partial charge in [0, 0.05) is 19.0 Å². The zero-order chi connectivity index (χ0) is 15.0. The van der Waals surface area contributed by atoms with Gasteiger partial charge in [-0.15, -0.1) is 0 Å². The molecule has 0 amide bonds. The summed E-state index contributed by atoms with van der Waals surface area (Å²) < 4.78 is 41.1. The number of aromatic nitrogens is 2. The number of nitrogens with zero attached hydrogens (tertiary/aromatic N) is 2. The standard InChI is InChI=1S/C15H16F3N3/c16-15(17,18)11-5-2-1-4-10(11)8-14-20-9-13-12(19)6-3-7-21(13)14/h1-2,4-5,9,12H,3,6-8,19H2. The summed E-state index contributed by atoms with van der Waals surface area (Å²) >= 11 is 0. The van der Waals surface area contributed by atoms with E-state index in [0.29, 0.717) is 5.82 Å². The molecule has 0 fully saturated rings. The Morgan fingerprint density at radius 2 is 2.05 bits per heavy atom. The first-order chi connectivity index (χ1) is 9.97. The molecule has 0 saturated carbocycles. The summed E-state index contributed by atoms with van der Waals surface area (Å²) in [6, 6.07) is 5.58. The van der Waals surface area contributed by atoms with Crippen molar-refractivity contribution in [1.82, 2.24) is 9.55 Å². The van der Waals surface area contributed by atoms with Gasteiger partial charge in [-0.2, -0.15) is 13.2 Å². The van der Waals surface area contributed by atoms with Crippen LogP contribution in [0.1, 0.15) is 41.5 Å². The van der Waals surface area contributed by atoms with Crippen LogP contribution in [0, 0.1) is 0 Å². The van der Waals surface area contributed by atoms with E-state index in [-0.39, 0.29) is 18.0 Å². The van der Waals surface area contributed by atoms with E-state index in [0.717, 1.165) is 31.1 Å². The highest BCUT2D eigenvalue weighted by Gasteiger charge is 2.33. The third-order valence-corrected chi connectivity index (χ3v) is 3.92. The second kappa shape index (κ2) is 5.18. The van der Waals surface area contributed by atoms with Gasteiger partial charge in [0.15, 0.2) is 0 Å². The third kappa shape index (κ3) is 2.68. The Morgan fingerprint density at radius 3 is 2.81 bits per heavy atom. The van der Waals surface area contributed by atoms with Gasteiger partial charge < -0.3 is 10.3 Å². The minimum Gasteiger partial charge on any atom is -0.330 e. The van der Waals surface area contributed by atoms with Crippen LogP contribution in [0.4, 0.5) is 13.2 Å². The topological polar surface area (TPSA) is 43.8 Å². The zero-order valence-electron chi connectivity index (χ0n) is 11.4. The van der Waals surface area contributed by atoms with E-state index >= 15 is 0 Å². The summed E-state index contributed by atoms with van der Waals surface area (Å²) in [5.41, 5.74) is 6.58. The lowest BCUT2D eigenvalue weighted by atomic mass is 10.0. The summed E-state index contributed by atoms with van der Waals surface area (Å²) in [5.74, 6) is 0.650. The van der Waals surface area contributed by atoms with Crippen molar-refractivity contribution in [1.29, 1.82) is 0 Å². The van der Waals surface area contributed by atoms with Gasteiger partial charge in [-0.1, -0.05) is 18.2 Å². The summed E-state index contributed by atoms with van der Waals surface area (Å²) in [6.45, 7) is 0.770. The normalized spacial score (nSPS) is 18.6. The molecule has 1 aromatic heterocycles. The van der Waals surface area contributed by atoms with Gasteiger partial charge in [0.2, 0.25) is 0 Å².